The lowest BCUT2D eigenvalue weighted by molar-refractivity contribution is 0.870. The summed E-state index contributed by atoms with van der Waals surface area (Å²) in [5.41, 5.74) is 8.52. The van der Waals surface area contributed by atoms with Crippen molar-refractivity contribution in [1.29, 1.82) is 0 Å². The van der Waals surface area contributed by atoms with Crippen LogP contribution in [0.3, 0.4) is 0 Å². The minimum absolute atomic E-state index is 0.190. The highest BCUT2D eigenvalue weighted by atomic mass is 15.3. The van der Waals surface area contributed by atoms with Crippen LogP contribution in [-0.2, 0) is 0 Å². The molecule has 0 saturated carbocycles. The summed E-state index contributed by atoms with van der Waals surface area (Å²) in [6.45, 7) is 3.76. The lowest BCUT2D eigenvalue weighted by atomic mass is 10.2. The molecule has 7 heteroatoms. The number of fused-ring (bicyclic) bond motifs is 1. The highest BCUT2D eigenvalue weighted by Gasteiger charge is 2.16. The van der Waals surface area contributed by atoms with Gasteiger partial charge in [0.1, 0.15) is 5.82 Å². The SMILES string of the molecule is Cc1cnc(-n2ncc3ccccc32)c(-c2nc(C)nc(N)n2)c1. The fraction of sp³-hybridized carbons (Fsp3) is 0.118. The van der Waals surface area contributed by atoms with E-state index >= 15 is 0 Å². The predicted molar refractivity (Wildman–Crippen MR) is 91.6 cm³/mol. The standard InChI is InChI=1S/C17H15N7/c1-10-7-13(15-21-11(2)22-17(18)23-15)16(19-8-10)24-14-6-4-3-5-12(14)9-20-24/h3-9H,1-2H3,(H2,18,21,22,23). The number of aryl methyl sites for hydroxylation is 2. The number of nitrogens with two attached hydrogens (primary N) is 1. The first-order valence-electron chi connectivity index (χ1n) is 7.50. The quantitative estimate of drug-likeness (QED) is 0.610. The van der Waals surface area contributed by atoms with Crippen molar-refractivity contribution < 1.29 is 0 Å². The highest BCUT2D eigenvalue weighted by Crippen LogP contribution is 2.26. The van der Waals surface area contributed by atoms with Gasteiger partial charge in [-0.25, -0.2) is 14.6 Å². The summed E-state index contributed by atoms with van der Waals surface area (Å²) in [5, 5.41) is 5.52. The maximum atomic E-state index is 5.79. The Kier molecular flexibility index (Phi) is 3.19. The molecule has 24 heavy (non-hydrogen) atoms. The van der Waals surface area contributed by atoms with Crippen molar-refractivity contribution in [3.8, 4) is 17.2 Å². The number of rotatable bonds is 2. The van der Waals surface area contributed by atoms with Gasteiger partial charge >= 0.3 is 0 Å². The van der Waals surface area contributed by atoms with E-state index in [9.17, 15) is 0 Å². The molecule has 3 heterocycles. The van der Waals surface area contributed by atoms with Gasteiger partial charge in [-0.05, 0) is 31.5 Å². The summed E-state index contributed by atoms with van der Waals surface area (Å²) in [7, 11) is 0. The number of hydrogen-bond donors (Lipinski definition) is 1. The monoisotopic (exact) mass is 317 g/mol. The van der Waals surface area contributed by atoms with Gasteiger partial charge in [-0.15, -0.1) is 0 Å². The largest absolute Gasteiger partial charge is 0.368 e. The zero-order valence-electron chi connectivity index (χ0n) is 13.3. The zero-order chi connectivity index (χ0) is 16.7. The fourth-order valence-corrected chi connectivity index (χ4v) is 2.66. The van der Waals surface area contributed by atoms with Gasteiger partial charge in [-0.2, -0.15) is 15.1 Å². The van der Waals surface area contributed by atoms with E-state index in [4.69, 9.17) is 5.73 Å². The van der Waals surface area contributed by atoms with Gasteiger partial charge in [-0.1, -0.05) is 18.2 Å². The molecule has 0 bridgehead atoms. The van der Waals surface area contributed by atoms with Crippen LogP contribution in [0, 0.1) is 13.8 Å². The molecule has 0 fully saturated rings. The fourth-order valence-electron chi connectivity index (χ4n) is 2.66. The van der Waals surface area contributed by atoms with Crippen molar-refractivity contribution in [2.45, 2.75) is 13.8 Å². The van der Waals surface area contributed by atoms with E-state index in [2.05, 4.69) is 25.0 Å². The van der Waals surface area contributed by atoms with E-state index in [0.29, 0.717) is 17.5 Å². The van der Waals surface area contributed by atoms with Crippen LogP contribution in [0.4, 0.5) is 5.95 Å². The molecular formula is C17H15N7. The van der Waals surface area contributed by atoms with Crippen molar-refractivity contribution in [3.63, 3.8) is 0 Å². The number of anilines is 1. The summed E-state index contributed by atoms with van der Waals surface area (Å²) in [5.74, 6) is 1.91. The van der Waals surface area contributed by atoms with Crippen LogP contribution in [0.25, 0.3) is 28.1 Å². The van der Waals surface area contributed by atoms with Gasteiger partial charge in [-0.3, -0.25) is 0 Å². The number of para-hydroxylation sites is 1. The number of nitrogen functional groups attached to an aromatic ring is 1. The van der Waals surface area contributed by atoms with E-state index in [1.165, 1.54) is 0 Å². The first-order valence-corrected chi connectivity index (χ1v) is 7.50. The second-order valence-corrected chi connectivity index (χ2v) is 5.56. The Hall–Kier alpha value is -3.35. The van der Waals surface area contributed by atoms with Gasteiger partial charge in [0.25, 0.3) is 0 Å². The van der Waals surface area contributed by atoms with Crippen LogP contribution in [0.5, 0.6) is 0 Å². The maximum Gasteiger partial charge on any atom is 0.223 e. The third-order valence-corrected chi connectivity index (χ3v) is 3.69. The average Bonchev–Trinajstić information content (AvgIpc) is 2.98. The second-order valence-electron chi connectivity index (χ2n) is 5.56. The van der Waals surface area contributed by atoms with Crippen molar-refractivity contribution in [2.24, 2.45) is 0 Å². The van der Waals surface area contributed by atoms with Gasteiger partial charge < -0.3 is 5.73 Å². The Morgan fingerprint density at radius 1 is 1.00 bits per heavy atom. The second kappa shape index (κ2) is 5.38. The Morgan fingerprint density at radius 2 is 1.83 bits per heavy atom. The minimum atomic E-state index is 0.190. The number of nitrogens with zero attached hydrogens (tertiary/aromatic N) is 6. The Labute approximate surface area is 138 Å². The molecule has 0 aliphatic heterocycles. The number of pyridine rings is 1. The van der Waals surface area contributed by atoms with Crippen LogP contribution < -0.4 is 5.73 Å². The molecular weight excluding hydrogens is 302 g/mol. The normalized spacial score (nSPS) is 11.1. The van der Waals surface area contributed by atoms with E-state index in [0.717, 1.165) is 22.0 Å². The summed E-state index contributed by atoms with van der Waals surface area (Å²) in [4.78, 5) is 17.3. The van der Waals surface area contributed by atoms with Crippen molar-refractivity contribution in [1.82, 2.24) is 29.7 Å². The van der Waals surface area contributed by atoms with Crippen LogP contribution in [0.15, 0.2) is 42.7 Å². The molecule has 1 aromatic carbocycles. The van der Waals surface area contributed by atoms with Gasteiger partial charge in [0.15, 0.2) is 11.6 Å². The molecule has 0 spiro atoms. The molecule has 118 valence electrons. The van der Waals surface area contributed by atoms with Crippen molar-refractivity contribution in [3.05, 3.63) is 54.1 Å². The molecule has 0 atom stereocenters. The van der Waals surface area contributed by atoms with E-state index in [1.807, 2.05) is 43.5 Å². The van der Waals surface area contributed by atoms with Gasteiger partial charge in [0, 0.05) is 11.6 Å². The average molecular weight is 317 g/mol. The smallest absolute Gasteiger partial charge is 0.223 e. The summed E-state index contributed by atoms with van der Waals surface area (Å²) < 4.78 is 1.79. The Bertz CT molecular complexity index is 1030. The molecule has 0 aliphatic rings. The van der Waals surface area contributed by atoms with E-state index in [1.54, 1.807) is 17.8 Å². The third-order valence-electron chi connectivity index (χ3n) is 3.69. The molecule has 4 aromatic rings. The maximum absolute atomic E-state index is 5.79. The van der Waals surface area contributed by atoms with Crippen LogP contribution >= 0.6 is 0 Å². The molecule has 0 radical (unpaired) electrons. The lowest BCUT2D eigenvalue weighted by Gasteiger charge is -2.10. The van der Waals surface area contributed by atoms with Crippen LogP contribution in [0.2, 0.25) is 0 Å². The molecule has 0 aliphatic carbocycles. The van der Waals surface area contributed by atoms with E-state index < -0.39 is 0 Å². The van der Waals surface area contributed by atoms with Crippen molar-refractivity contribution >= 4 is 16.9 Å². The first-order chi connectivity index (χ1) is 11.6. The minimum Gasteiger partial charge on any atom is -0.368 e. The predicted octanol–water partition coefficient (Wildman–Crippen LogP) is 2.47. The topological polar surface area (TPSA) is 95.4 Å². The lowest BCUT2D eigenvalue weighted by Crippen LogP contribution is -2.07. The first kappa shape index (κ1) is 14.3. The number of benzene rings is 1. The van der Waals surface area contributed by atoms with Crippen molar-refractivity contribution in [2.75, 3.05) is 5.73 Å². The Morgan fingerprint density at radius 3 is 2.67 bits per heavy atom. The van der Waals surface area contributed by atoms with Gasteiger partial charge in [0.2, 0.25) is 5.95 Å². The molecule has 0 unspecified atom stereocenters. The molecule has 2 N–H and O–H groups in total. The molecule has 4 rings (SSSR count). The summed E-state index contributed by atoms with van der Waals surface area (Å²) in [6.07, 6.45) is 3.61. The Balaban J connectivity index is 2.00. The molecule has 3 aromatic heterocycles. The summed E-state index contributed by atoms with van der Waals surface area (Å²) in [6, 6.07) is 9.94. The summed E-state index contributed by atoms with van der Waals surface area (Å²) >= 11 is 0. The van der Waals surface area contributed by atoms with Gasteiger partial charge in [0.05, 0.1) is 17.3 Å². The van der Waals surface area contributed by atoms with Crippen LogP contribution in [0.1, 0.15) is 11.4 Å². The number of hydrogen-bond acceptors (Lipinski definition) is 6. The molecule has 0 saturated heterocycles. The van der Waals surface area contributed by atoms with Crippen LogP contribution in [-0.4, -0.2) is 29.7 Å². The zero-order valence-corrected chi connectivity index (χ0v) is 13.3. The molecule has 7 nitrogen and oxygen atoms in total. The number of aromatic nitrogens is 6. The molecule has 0 amide bonds. The van der Waals surface area contributed by atoms with E-state index in [-0.39, 0.29) is 5.95 Å². The highest BCUT2D eigenvalue weighted by molar-refractivity contribution is 5.81. The third kappa shape index (κ3) is 2.36.